The molecule has 0 radical (unpaired) electrons. The summed E-state index contributed by atoms with van der Waals surface area (Å²) >= 11 is 0. The molecule has 0 aliphatic carbocycles. The second-order valence-electron chi connectivity index (χ2n) is 4.06. The van der Waals surface area contributed by atoms with Crippen LogP contribution in [-0.4, -0.2) is 4.98 Å². The summed E-state index contributed by atoms with van der Waals surface area (Å²) in [7, 11) is 0. The summed E-state index contributed by atoms with van der Waals surface area (Å²) in [5, 5.41) is 0. The molecule has 0 fully saturated rings. The lowest BCUT2D eigenvalue weighted by Crippen LogP contribution is -2.03. The van der Waals surface area contributed by atoms with Gasteiger partial charge < -0.3 is 10.5 Å². The van der Waals surface area contributed by atoms with E-state index in [9.17, 15) is 0 Å². The molecule has 0 aliphatic rings. The van der Waals surface area contributed by atoms with Crippen molar-refractivity contribution >= 4 is 5.69 Å². The van der Waals surface area contributed by atoms with E-state index < -0.39 is 0 Å². The number of nitrogen functional groups attached to an aromatic ring is 1. The molecule has 0 aliphatic heterocycles. The van der Waals surface area contributed by atoms with E-state index in [1.54, 1.807) is 12.4 Å². The van der Waals surface area contributed by atoms with Crippen molar-refractivity contribution in [2.45, 2.75) is 20.0 Å². The molecule has 88 valence electrons. The predicted molar refractivity (Wildman–Crippen MR) is 68.9 cm³/mol. The highest BCUT2D eigenvalue weighted by molar-refractivity contribution is 5.49. The first-order valence-electron chi connectivity index (χ1n) is 5.59. The maximum atomic E-state index is 5.85. The van der Waals surface area contributed by atoms with Gasteiger partial charge in [-0.05, 0) is 55.3 Å². The van der Waals surface area contributed by atoms with E-state index in [0.717, 1.165) is 22.6 Å². The lowest BCUT2D eigenvalue weighted by molar-refractivity contribution is 0.226. The summed E-state index contributed by atoms with van der Waals surface area (Å²) in [6.07, 6.45) is 3.54. The first-order chi connectivity index (χ1) is 8.16. The summed E-state index contributed by atoms with van der Waals surface area (Å²) in [6.45, 7) is 3.99. The van der Waals surface area contributed by atoms with Gasteiger partial charge in [0.2, 0.25) is 0 Å². The van der Waals surface area contributed by atoms with Gasteiger partial charge in [0.15, 0.2) is 0 Å². The molecule has 0 saturated carbocycles. The van der Waals surface area contributed by atoms with Crippen molar-refractivity contribution in [3.05, 3.63) is 53.9 Å². The van der Waals surface area contributed by atoms with Gasteiger partial charge in [-0.15, -0.1) is 0 Å². The zero-order valence-corrected chi connectivity index (χ0v) is 10.1. The number of anilines is 1. The summed E-state index contributed by atoms with van der Waals surface area (Å²) in [6, 6.07) is 9.61. The van der Waals surface area contributed by atoms with Crippen LogP contribution in [0.5, 0.6) is 5.75 Å². The molecule has 0 saturated heterocycles. The van der Waals surface area contributed by atoms with Crippen LogP contribution in [-0.2, 0) is 0 Å². The number of pyridine rings is 1. The maximum absolute atomic E-state index is 5.85. The molecule has 1 atom stereocenters. The van der Waals surface area contributed by atoms with Crippen molar-refractivity contribution < 1.29 is 4.74 Å². The number of nitrogens with two attached hydrogens (primary N) is 1. The minimum Gasteiger partial charge on any atom is -0.486 e. The van der Waals surface area contributed by atoms with E-state index in [1.807, 2.05) is 44.2 Å². The van der Waals surface area contributed by atoms with Gasteiger partial charge in [0.05, 0.1) is 0 Å². The average Bonchev–Trinajstić information content (AvgIpc) is 2.35. The van der Waals surface area contributed by atoms with Gasteiger partial charge in [0.1, 0.15) is 11.9 Å². The highest BCUT2D eigenvalue weighted by Gasteiger charge is 2.07. The van der Waals surface area contributed by atoms with E-state index in [2.05, 4.69) is 4.98 Å². The number of ether oxygens (including phenoxy) is 1. The second kappa shape index (κ2) is 4.87. The fourth-order valence-electron chi connectivity index (χ4n) is 1.63. The molecule has 1 unspecified atom stereocenters. The molecule has 0 bridgehead atoms. The van der Waals surface area contributed by atoms with Crippen molar-refractivity contribution in [3.8, 4) is 5.75 Å². The minimum absolute atomic E-state index is 0.000949. The predicted octanol–water partition coefficient (Wildman–Crippen LogP) is 3.11. The Morgan fingerprint density at radius 2 is 1.88 bits per heavy atom. The standard InChI is InChI=1S/C14H16N2O/c1-10-9-13(3-4-14(10)15)17-11(2)12-5-7-16-8-6-12/h3-9,11H,15H2,1-2H3. The largest absolute Gasteiger partial charge is 0.486 e. The number of rotatable bonds is 3. The van der Waals surface area contributed by atoms with Gasteiger partial charge in [-0.1, -0.05) is 0 Å². The molecule has 2 N–H and O–H groups in total. The topological polar surface area (TPSA) is 48.1 Å². The van der Waals surface area contributed by atoms with E-state index in [4.69, 9.17) is 10.5 Å². The first kappa shape index (κ1) is 11.5. The quantitative estimate of drug-likeness (QED) is 0.821. The Morgan fingerprint density at radius 3 is 2.53 bits per heavy atom. The van der Waals surface area contributed by atoms with Crippen molar-refractivity contribution in [2.75, 3.05) is 5.73 Å². The van der Waals surface area contributed by atoms with E-state index in [0.29, 0.717) is 0 Å². The average molecular weight is 228 g/mol. The summed E-state index contributed by atoms with van der Waals surface area (Å²) in [5.41, 5.74) is 8.69. The molecule has 1 heterocycles. The van der Waals surface area contributed by atoms with Gasteiger partial charge >= 0.3 is 0 Å². The third-order valence-electron chi connectivity index (χ3n) is 2.73. The van der Waals surface area contributed by atoms with E-state index in [-0.39, 0.29) is 6.10 Å². The molecule has 2 aromatic rings. The number of hydrogen-bond acceptors (Lipinski definition) is 3. The highest BCUT2D eigenvalue weighted by Crippen LogP contribution is 2.24. The molecular weight excluding hydrogens is 212 g/mol. The molecule has 3 nitrogen and oxygen atoms in total. The highest BCUT2D eigenvalue weighted by atomic mass is 16.5. The fraction of sp³-hybridized carbons (Fsp3) is 0.214. The van der Waals surface area contributed by atoms with Crippen LogP contribution in [0.15, 0.2) is 42.7 Å². The smallest absolute Gasteiger partial charge is 0.121 e. The van der Waals surface area contributed by atoms with E-state index >= 15 is 0 Å². The first-order valence-corrected chi connectivity index (χ1v) is 5.59. The number of hydrogen-bond donors (Lipinski definition) is 1. The van der Waals surface area contributed by atoms with Gasteiger partial charge in [0, 0.05) is 18.1 Å². The Labute approximate surface area is 101 Å². The van der Waals surface area contributed by atoms with Crippen LogP contribution in [0.1, 0.15) is 24.2 Å². The number of aryl methyl sites for hydroxylation is 1. The van der Waals surface area contributed by atoms with Crippen LogP contribution >= 0.6 is 0 Å². The number of nitrogens with zero attached hydrogens (tertiary/aromatic N) is 1. The zero-order valence-electron chi connectivity index (χ0n) is 10.1. The maximum Gasteiger partial charge on any atom is 0.121 e. The lowest BCUT2D eigenvalue weighted by atomic mass is 10.1. The molecule has 2 rings (SSSR count). The van der Waals surface area contributed by atoms with Crippen LogP contribution in [0, 0.1) is 6.92 Å². The van der Waals surface area contributed by atoms with Gasteiger partial charge in [0.25, 0.3) is 0 Å². The zero-order chi connectivity index (χ0) is 12.3. The summed E-state index contributed by atoms with van der Waals surface area (Å²) < 4.78 is 5.85. The number of benzene rings is 1. The Kier molecular flexibility index (Phi) is 3.28. The molecule has 1 aromatic carbocycles. The van der Waals surface area contributed by atoms with Crippen molar-refractivity contribution in [1.82, 2.24) is 4.98 Å². The third-order valence-corrected chi connectivity index (χ3v) is 2.73. The van der Waals surface area contributed by atoms with Crippen LogP contribution in [0.4, 0.5) is 5.69 Å². The van der Waals surface area contributed by atoms with Gasteiger partial charge in [-0.3, -0.25) is 4.98 Å². The normalized spacial score (nSPS) is 12.1. The fourth-order valence-corrected chi connectivity index (χ4v) is 1.63. The van der Waals surface area contributed by atoms with Crippen molar-refractivity contribution in [2.24, 2.45) is 0 Å². The van der Waals surface area contributed by atoms with Gasteiger partial charge in [-0.2, -0.15) is 0 Å². The molecule has 17 heavy (non-hydrogen) atoms. The van der Waals surface area contributed by atoms with Gasteiger partial charge in [-0.25, -0.2) is 0 Å². The molecule has 3 heteroatoms. The minimum atomic E-state index is 0.000949. The SMILES string of the molecule is Cc1cc(OC(C)c2ccncc2)ccc1N. The number of aromatic nitrogens is 1. The Balaban J connectivity index is 2.13. The lowest BCUT2D eigenvalue weighted by Gasteiger charge is -2.15. The molecular formula is C14H16N2O. The molecule has 0 spiro atoms. The second-order valence-corrected chi connectivity index (χ2v) is 4.06. The Hall–Kier alpha value is -2.03. The van der Waals surface area contributed by atoms with Crippen LogP contribution in [0.25, 0.3) is 0 Å². The Bertz CT molecular complexity index is 497. The molecule has 1 aromatic heterocycles. The monoisotopic (exact) mass is 228 g/mol. The van der Waals surface area contributed by atoms with Crippen molar-refractivity contribution in [3.63, 3.8) is 0 Å². The summed E-state index contributed by atoms with van der Waals surface area (Å²) in [4.78, 5) is 3.99. The van der Waals surface area contributed by atoms with Crippen LogP contribution < -0.4 is 10.5 Å². The van der Waals surface area contributed by atoms with E-state index in [1.165, 1.54) is 0 Å². The summed E-state index contributed by atoms with van der Waals surface area (Å²) in [5.74, 6) is 0.834. The van der Waals surface area contributed by atoms with Crippen LogP contribution in [0.3, 0.4) is 0 Å². The molecule has 0 amide bonds. The van der Waals surface area contributed by atoms with Crippen LogP contribution in [0.2, 0.25) is 0 Å². The third kappa shape index (κ3) is 2.75. The van der Waals surface area contributed by atoms with Crippen molar-refractivity contribution in [1.29, 1.82) is 0 Å². The Morgan fingerprint density at radius 1 is 1.18 bits per heavy atom.